The molecule has 0 N–H and O–H groups in total. The number of rotatable bonds is 6. The lowest BCUT2D eigenvalue weighted by molar-refractivity contribution is 0.0526. The van der Waals surface area contributed by atoms with E-state index in [1.807, 2.05) is 0 Å². The molecule has 0 spiro atoms. The zero-order chi connectivity index (χ0) is 18.6. The molecule has 2 aromatic carbocycles. The van der Waals surface area contributed by atoms with E-state index in [0.29, 0.717) is 23.8 Å². The maximum absolute atomic E-state index is 11.8. The summed E-state index contributed by atoms with van der Waals surface area (Å²) in [6.45, 7) is 2.93. The Morgan fingerprint density at radius 2 is 1.81 bits per heavy atom. The molecule has 0 aromatic heterocycles. The summed E-state index contributed by atoms with van der Waals surface area (Å²) in [6.07, 6.45) is 6.71. The number of carbonyl (C=O) groups excluding carboxylic acids is 1. The van der Waals surface area contributed by atoms with Crippen molar-refractivity contribution in [3.05, 3.63) is 59.2 Å². The highest BCUT2D eigenvalue weighted by molar-refractivity contribution is 5.89. The molecule has 0 bridgehead atoms. The molecule has 4 nitrogen and oxygen atoms in total. The van der Waals surface area contributed by atoms with Crippen LogP contribution in [0.1, 0.15) is 72.5 Å². The first-order valence-electron chi connectivity index (χ1n) is 9.95. The van der Waals surface area contributed by atoms with E-state index in [1.54, 1.807) is 31.2 Å². The number of esters is 1. The van der Waals surface area contributed by atoms with Gasteiger partial charge in [0.2, 0.25) is 0 Å². The Balaban J connectivity index is 1.52. The third-order valence-corrected chi connectivity index (χ3v) is 5.38. The van der Waals surface area contributed by atoms with Crippen molar-refractivity contribution in [1.82, 2.24) is 0 Å². The van der Waals surface area contributed by atoms with Crippen LogP contribution in [0.5, 0.6) is 11.5 Å². The molecule has 4 heteroatoms. The summed E-state index contributed by atoms with van der Waals surface area (Å²) in [5, 5.41) is 0. The van der Waals surface area contributed by atoms with Crippen LogP contribution < -0.4 is 4.74 Å². The Hall–Kier alpha value is -2.33. The van der Waals surface area contributed by atoms with Gasteiger partial charge in [-0.2, -0.15) is 0 Å². The fraction of sp³-hybridized carbons (Fsp3) is 0.435. The summed E-state index contributed by atoms with van der Waals surface area (Å²) in [5.74, 6) is 1.89. The monoisotopic (exact) mass is 366 g/mol. The summed E-state index contributed by atoms with van der Waals surface area (Å²) >= 11 is 0. The van der Waals surface area contributed by atoms with Crippen molar-refractivity contribution in [2.24, 2.45) is 0 Å². The molecule has 2 aromatic rings. The van der Waals surface area contributed by atoms with Gasteiger partial charge in [-0.15, -0.1) is 0 Å². The molecule has 1 aliphatic heterocycles. The highest BCUT2D eigenvalue weighted by Gasteiger charge is 2.29. The number of hydrogen-bond acceptors (Lipinski definition) is 4. The number of ether oxygens (including phenoxy) is 3. The van der Waals surface area contributed by atoms with E-state index in [9.17, 15) is 4.79 Å². The largest absolute Gasteiger partial charge is 0.462 e. The van der Waals surface area contributed by atoms with Crippen LogP contribution in [-0.2, 0) is 9.47 Å². The number of hydrogen-bond donors (Lipinski definition) is 0. The topological polar surface area (TPSA) is 48.1 Å². The van der Waals surface area contributed by atoms with Crippen molar-refractivity contribution < 1.29 is 19.0 Å². The van der Waals surface area contributed by atoms with Gasteiger partial charge in [-0.1, -0.05) is 25.3 Å². The van der Waals surface area contributed by atoms with E-state index in [4.69, 9.17) is 14.2 Å². The maximum atomic E-state index is 11.8. The summed E-state index contributed by atoms with van der Waals surface area (Å²) in [6, 6.07) is 13.6. The van der Waals surface area contributed by atoms with Crippen LogP contribution in [0.25, 0.3) is 0 Å². The quantitative estimate of drug-likeness (QED) is 0.481. The van der Waals surface area contributed by atoms with E-state index < -0.39 is 0 Å². The maximum Gasteiger partial charge on any atom is 0.338 e. The van der Waals surface area contributed by atoms with Crippen LogP contribution in [0.2, 0.25) is 0 Å². The summed E-state index contributed by atoms with van der Waals surface area (Å²) < 4.78 is 16.7. The molecular weight excluding hydrogens is 340 g/mol. The SMILES string of the molecule is CCOC(=O)c1ccc(Oc2ccc(C3CCCCC3)cc2C2CO2)cc1. The second-order valence-electron chi connectivity index (χ2n) is 7.30. The zero-order valence-electron chi connectivity index (χ0n) is 15.8. The fourth-order valence-electron chi connectivity index (χ4n) is 3.83. The molecule has 1 atom stereocenters. The minimum absolute atomic E-state index is 0.141. The smallest absolute Gasteiger partial charge is 0.338 e. The molecule has 1 saturated heterocycles. The van der Waals surface area contributed by atoms with Crippen molar-refractivity contribution in [3.63, 3.8) is 0 Å². The minimum Gasteiger partial charge on any atom is -0.462 e. The molecule has 0 amide bonds. The van der Waals surface area contributed by atoms with E-state index in [-0.39, 0.29) is 12.1 Å². The van der Waals surface area contributed by atoms with Gasteiger partial charge in [0.15, 0.2) is 0 Å². The van der Waals surface area contributed by atoms with Crippen molar-refractivity contribution in [1.29, 1.82) is 0 Å². The third-order valence-electron chi connectivity index (χ3n) is 5.38. The van der Waals surface area contributed by atoms with Crippen molar-refractivity contribution in [2.75, 3.05) is 13.2 Å². The molecule has 4 rings (SSSR count). The lowest BCUT2D eigenvalue weighted by atomic mass is 9.83. The first kappa shape index (κ1) is 18.1. The fourth-order valence-corrected chi connectivity index (χ4v) is 3.83. The Morgan fingerprint density at radius 3 is 2.48 bits per heavy atom. The van der Waals surface area contributed by atoms with Crippen LogP contribution in [0.4, 0.5) is 0 Å². The standard InChI is InChI=1S/C23H26O4/c1-2-25-23(24)17-8-11-19(12-9-17)27-21-13-10-18(14-20(21)22-15-26-22)16-6-4-3-5-7-16/h8-14,16,22H,2-7,15H2,1H3. The second-order valence-corrected chi connectivity index (χ2v) is 7.30. The Morgan fingerprint density at radius 1 is 1.07 bits per heavy atom. The molecular formula is C23H26O4. The van der Waals surface area contributed by atoms with E-state index in [2.05, 4.69) is 18.2 Å². The first-order chi connectivity index (χ1) is 13.2. The summed E-state index contributed by atoms with van der Waals surface area (Å²) in [5.41, 5.74) is 3.07. The predicted molar refractivity (Wildman–Crippen MR) is 103 cm³/mol. The number of carbonyl (C=O) groups is 1. The lowest BCUT2D eigenvalue weighted by Gasteiger charge is -2.23. The van der Waals surface area contributed by atoms with Crippen LogP contribution in [0, 0.1) is 0 Å². The molecule has 1 unspecified atom stereocenters. The molecule has 2 aliphatic rings. The van der Waals surface area contributed by atoms with Gasteiger partial charge >= 0.3 is 5.97 Å². The molecule has 27 heavy (non-hydrogen) atoms. The average Bonchev–Trinajstić information content (AvgIpc) is 3.55. The predicted octanol–water partition coefficient (Wildman–Crippen LogP) is 5.77. The average molecular weight is 366 g/mol. The molecule has 0 radical (unpaired) electrons. The molecule has 2 fully saturated rings. The number of benzene rings is 2. The van der Waals surface area contributed by atoms with Crippen LogP contribution in [-0.4, -0.2) is 19.2 Å². The van der Waals surface area contributed by atoms with Gasteiger partial charge in [-0.25, -0.2) is 4.79 Å². The molecule has 1 aliphatic carbocycles. The van der Waals surface area contributed by atoms with Crippen molar-refractivity contribution in [3.8, 4) is 11.5 Å². The normalized spacial score (nSPS) is 19.5. The van der Waals surface area contributed by atoms with Gasteiger partial charge < -0.3 is 14.2 Å². The number of epoxide rings is 1. The Labute approximate surface area is 160 Å². The third kappa shape index (κ3) is 4.33. The van der Waals surface area contributed by atoms with Gasteiger partial charge in [0.05, 0.1) is 18.8 Å². The van der Waals surface area contributed by atoms with Crippen molar-refractivity contribution >= 4 is 5.97 Å². The van der Waals surface area contributed by atoms with Gasteiger partial charge in [-0.05, 0) is 67.6 Å². The van der Waals surface area contributed by atoms with Gasteiger partial charge in [0.1, 0.15) is 17.6 Å². The van der Waals surface area contributed by atoms with Crippen molar-refractivity contribution in [2.45, 2.75) is 51.0 Å². The second kappa shape index (κ2) is 8.13. The summed E-state index contributed by atoms with van der Waals surface area (Å²) in [4.78, 5) is 11.8. The van der Waals surface area contributed by atoms with Gasteiger partial charge in [0.25, 0.3) is 0 Å². The molecule has 142 valence electrons. The molecule has 1 heterocycles. The molecule has 1 saturated carbocycles. The first-order valence-corrected chi connectivity index (χ1v) is 9.95. The van der Waals surface area contributed by atoms with Crippen LogP contribution >= 0.6 is 0 Å². The van der Waals surface area contributed by atoms with Crippen LogP contribution in [0.3, 0.4) is 0 Å². The lowest BCUT2D eigenvalue weighted by Crippen LogP contribution is -2.05. The van der Waals surface area contributed by atoms with Gasteiger partial charge in [0, 0.05) is 5.56 Å². The van der Waals surface area contributed by atoms with Gasteiger partial charge in [-0.3, -0.25) is 0 Å². The zero-order valence-corrected chi connectivity index (χ0v) is 15.8. The Bertz CT molecular complexity index is 787. The van der Waals surface area contributed by atoms with E-state index in [1.165, 1.54) is 37.7 Å². The Kier molecular flexibility index (Phi) is 5.44. The highest BCUT2D eigenvalue weighted by atomic mass is 16.6. The highest BCUT2D eigenvalue weighted by Crippen LogP contribution is 2.41. The van der Waals surface area contributed by atoms with E-state index >= 15 is 0 Å². The summed E-state index contributed by atoms with van der Waals surface area (Å²) in [7, 11) is 0. The minimum atomic E-state index is -0.312. The van der Waals surface area contributed by atoms with Crippen LogP contribution in [0.15, 0.2) is 42.5 Å². The van der Waals surface area contributed by atoms with E-state index in [0.717, 1.165) is 17.9 Å².